The lowest BCUT2D eigenvalue weighted by molar-refractivity contribution is -0.133. The summed E-state index contributed by atoms with van der Waals surface area (Å²) in [6, 6.07) is 0. The minimum atomic E-state index is -3.00. The summed E-state index contributed by atoms with van der Waals surface area (Å²) in [5.41, 5.74) is 0. The van der Waals surface area contributed by atoms with Crippen LogP contribution in [0, 0.1) is 18.3 Å². The zero-order valence-corrected chi connectivity index (χ0v) is 9.59. The van der Waals surface area contributed by atoms with Crippen LogP contribution in [0.1, 0.15) is 13.3 Å². The van der Waals surface area contributed by atoms with Crippen LogP contribution >= 0.6 is 0 Å². The molecular weight excluding hydrogens is 214 g/mol. The van der Waals surface area contributed by atoms with E-state index in [1.807, 2.05) is 6.92 Å². The molecule has 1 amide bonds. The summed E-state index contributed by atoms with van der Waals surface area (Å²) >= 11 is 0. The summed E-state index contributed by atoms with van der Waals surface area (Å²) in [7, 11) is -3.00. The van der Waals surface area contributed by atoms with Gasteiger partial charge in [0, 0.05) is 6.54 Å². The molecule has 0 aromatic rings. The molecule has 1 atom stereocenters. The summed E-state index contributed by atoms with van der Waals surface area (Å²) in [5, 5.41) is 0. The van der Waals surface area contributed by atoms with Crippen molar-refractivity contribution in [3.05, 3.63) is 0 Å². The van der Waals surface area contributed by atoms with Crippen molar-refractivity contribution in [2.75, 3.05) is 24.6 Å². The fourth-order valence-corrected chi connectivity index (χ4v) is 3.44. The number of amides is 1. The highest BCUT2D eigenvalue weighted by Gasteiger charge is 2.34. The maximum absolute atomic E-state index is 11.8. The van der Waals surface area contributed by atoms with E-state index in [1.165, 1.54) is 4.90 Å². The lowest BCUT2D eigenvalue weighted by atomic mass is 10.1. The highest BCUT2D eigenvalue weighted by molar-refractivity contribution is 7.91. The largest absolute Gasteiger partial charge is 0.332 e. The topological polar surface area (TPSA) is 54.5 Å². The summed E-state index contributed by atoms with van der Waals surface area (Å²) < 4.78 is 22.4. The number of nitrogens with zero attached hydrogens (tertiary/aromatic N) is 1. The highest BCUT2D eigenvalue weighted by Crippen LogP contribution is 2.20. The van der Waals surface area contributed by atoms with Crippen molar-refractivity contribution in [1.29, 1.82) is 0 Å². The molecule has 1 heterocycles. The van der Waals surface area contributed by atoms with Crippen LogP contribution in [0.4, 0.5) is 0 Å². The third-order valence-corrected chi connectivity index (χ3v) is 4.33. The fourth-order valence-electron chi connectivity index (χ4n) is 1.70. The van der Waals surface area contributed by atoms with Crippen LogP contribution in [0.5, 0.6) is 0 Å². The van der Waals surface area contributed by atoms with Crippen LogP contribution in [0.25, 0.3) is 0 Å². The molecule has 0 aromatic carbocycles. The van der Waals surface area contributed by atoms with E-state index < -0.39 is 9.84 Å². The monoisotopic (exact) mass is 229 g/mol. The molecule has 1 saturated heterocycles. The molecule has 1 rings (SSSR count). The zero-order valence-electron chi connectivity index (χ0n) is 8.77. The van der Waals surface area contributed by atoms with E-state index in [0.29, 0.717) is 13.0 Å². The molecule has 1 fully saturated rings. The predicted molar refractivity (Wildman–Crippen MR) is 57.8 cm³/mol. The van der Waals surface area contributed by atoms with Crippen molar-refractivity contribution < 1.29 is 13.2 Å². The molecule has 0 saturated carbocycles. The standard InChI is InChI=1S/C10H15NO3S/c1-3-6-11(4-2)10(12)9-5-7-15(13,14)8-9/h1,9H,4-8H2,2H3. The Hall–Kier alpha value is -1.02. The van der Waals surface area contributed by atoms with E-state index in [9.17, 15) is 13.2 Å². The van der Waals surface area contributed by atoms with Crippen LogP contribution in [-0.4, -0.2) is 43.8 Å². The van der Waals surface area contributed by atoms with Crippen LogP contribution in [0.3, 0.4) is 0 Å². The molecule has 0 spiro atoms. The zero-order chi connectivity index (χ0) is 11.5. The first-order valence-corrected chi connectivity index (χ1v) is 6.75. The Kier molecular flexibility index (Phi) is 3.75. The quantitative estimate of drug-likeness (QED) is 0.635. The SMILES string of the molecule is C#CCN(CC)C(=O)C1CCS(=O)(=O)C1. The van der Waals surface area contributed by atoms with Gasteiger partial charge >= 0.3 is 0 Å². The smallest absolute Gasteiger partial charge is 0.227 e. The minimum absolute atomic E-state index is 0.0209. The molecule has 15 heavy (non-hydrogen) atoms. The van der Waals surface area contributed by atoms with Gasteiger partial charge < -0.3 is 4.90 Å². The third kappa shape index (κ3) is 2.96. The molecule has 0 N–H and O–H groups in total. The third-order valence-electron chi connectivity index (χ3n) is 2.56. The molecule has 5 heteroatoms. The average molecular weight is 229 g/mol. The predicted octanol–water partition coefficient (Wildman–Crippen LogP) is -0.0972. The van der Waals surface area contributed by atoms with Crippen LogP contribution in [-0.2, 0) is 14.6 Å². The molecular formula is C10H15NO3S. The lowest BCUT2D eigenvalue weighted by Crippen LogP contribution is -2.36. The number of rotatable bonds is 3. The highest BCUT2D eigenvalue weighted by atomic mass is 32.2. The van der Waals surface area contributed by atoms with Crippen LogP contribution in [0.15, 0.2) is 0 Å². The number of carbonyl (C=O) groups excluding carboxylic acids is 1. The van der Waals surface area contributed by atoms with E-state index in [0.717, 1.165) is 0 Å². The van der Waals surface area contributed by atoms with Gasteiger partial charge in [-0.3, -0.25) is 4.79 Å². The van der Waals surface area contributed by atoms with Gasteiger partial charge in [0.15, 0.2) is 9.84 Å². The molecule has 0 aliphatic carbocycles. The first-order chi connectivity index (χ1) is 7.00. The van der Waals surface area contributed by atoms with Gasteiger partial charge in [-0.1, -0.05) is 5.92 Å². The Morgan fingerprint density at radius 1 is 1.60 bits per heavy atom. The van der Waals surface area contributed by atoms with Crippen molar-refractivity contribution in [2.45, 2.75) is 13.3 Å². The number of hydrogen-bond acceptors (Lipinski definition) is 3. The Bertz CT molecular complexity index is 380. The van der Waals surface area contributed by atoms with E-state index in [2.05, 4.69) is 5.92 Å². The first-order valence-electron chi connectivity index (χ1n) is 4.93. The van der Waals surface area contributed by atoms with Gasteiger partial charge in [0.1, 0.15) is 0 Å². The van der Waals surface area contributed by atoms with Crippen LogP contribution in [0.2, 0.25) is 0 Å². The molecule has 0 aromatic heterocycles. The van der Waals surface area contributed by atoms with E-state index in [-0.39, 0.29) is 29.9 Å². The van der Waals surface area contributed by atoms with Crippen molar-refractivity contribution in [2.24, 2.45) is 5.92 Å². The Morgan fingerprint density at radius 2 is 2.27 bits per heavy atom. The maximum atomic E-state index is 11.8. The maximum Gasteiger partial charge on any atom is 0.227 e. The van der Waals surface area contributed by atoms with Crippen molar-refractivity contribution in [3.63, 3.8) is 0 Å². The second-order valence-electron chi connectivity index (χ2n) is 3.66. The molecule has 1 unspecified atom stereocenters. The molecule has 1 aliphatic rings. The Balaban J connectivity index is 2.66. The second kappa shape index (κ2) is 4.67. The van der Waals surface area contributed by atoms with Gasteiger partial charge in [-0.2, -0.15) is 0 Å². The Labute approximate surface area is 90.6 Å². The Morgan fingerprint density at radius 3 is 2.67 bits per heavy atom. The minimum Gasteiger partial charge on any atom is -0.332 e. The van der Waals surface area contributed by atoms with Gasteiger partial charge in [-0.15, -0.1) is 6.42 Å². The molecule has 0 radical (unpaired) electrons. The van der Waals surface area contributed by atoms with Crippen LogP contribution < -0.4 is 0 Å². The number of hydrogen-bond donors (Lipinski definition) is 0. The lowest BCUT2D eigenvalue weighted by Gasteiger charge is -2.21. The molecule has 1 aliphatic heterocycles. The van der Waals surface area contributed by atoms with Crippen molar-refractivity contribution in [3.8, 4) is 12.3 Å². The summed E-state index contributed by atoms with van der Waals surface area (Å²) in [6.45, 7) is 2.62. The van der Waals surface area contributed by atoms with Gasteiger partial charge in [0.05, 0.1) is 24.0 Å². The van der Waals surface area contributed by atoms with Gasteiger partial charge in [-0.25, -0.2) is 8.42 Å². The summed E-state index contributed by atoms with van der Waals surface area (Å²) in [4.78, 5) is 13.3. The molecule has 0 bridgehead atoms. The fraction of sp³-hybridized carbons (Fsp3) is 0.700. The molecule has 4 nitrogen and oxygen atoms in total. The van der Waals surface area contributed by atoms with Gasteiger partial charge in [-0.05, 0) is 13.3 Å². The van der Waals surface area contributed by atoms with Gasteiger partial charge in [0.25, 0.3) is 0 Å². The van der Waals surface area contributed by atoms with E-state index in [4.69, 9.17) is 6.42 Å². The van der Waals surface area contributed by atoms with Gasteiger partial charge in [0.2, 0.25) is 5.91 Å². The normalized spacial score (nSPS) is 23.3. The van der Waals surface area contributed by atoms with E-state index in [1.54, 1.807) is 0 Å². The molecule has 84 valence electrons. The second-order valence-corrected chi connectivity index (χ2v) is 5.89. The summed E-state index contributed by atoms with van der Waals surface area (Å²) in [5.74, 6) is 1.99. The first kappa shape index (κ1) is 12.1. The van der Waals surface area contributed by atoms with Crippen molar-refractivity contribution in [1.82, 2.24) is 4.90 Å². The number of carbonyl (C=O) groups is 1. The average Bonchev–Trinajstić information content (AvgIpc) is 2.54. The summed E-state index contributed by atoms with van der Waals surface area (Å²) in [6.07, 6.45) is 5.57. The van der Waals surface area contributed by atoms with E-state index >= 15 is 0 Å². The van der Waals surface area contributed by atoms with Crippen molar-refractivity contribution >= 4 is 15.7 Å². The number of sulfone groups is 1. The number of terminal acetylenes is 1.